The molecule has 0 saturated carbocycles. The Balaban J connectivity index is 2.01. The van der Waals surface area contributed by atoms with E-state index < -0.39 is 0 Å². The van der Waals surface area contributed by atoms with Gasteiger partial charge >= 0.3 is 0 Å². The number of likely N-dealkylation sites (tertiary alicyclic amines) is 1. The van der Waals surface area contributed by atoms with Gasteiger partial charge in [-0.05, 0) is 38.9 Å². The maximum atomic E-state index is 12.3. The van der Waals surface area contributed by atoms with Crippen molar-refractivity contribution in [3.8, 4) is 0 Å². The molecule has 0 aromatic carbocycles. The second kappa shape index (κ2) is 6.02. The molecule has 2 rings (SSSR count). The third-order valence-corrected chi connectivity index (χ3v) is 3.83. The highest BCUT2D eigenvalue weighted by atomic mass is 16.1. The molecule has 2 unspecified atom stereocenters. The molecule has 104 valence electrons. The van der Waals surface area contributed by atoms with Crippen molar-refractivity contribution >= 4 is 11.7 Å². The van der Waals surface area contributed by atoms with Crippen LogP contribution in [0.25, 0.3) is 0 Å². The molecule has 0 spiro atoms. The van der Waals surface area contributed by atoms with Gasteiger partial charge in [0.25, 0.3) is 5.91 Å². The van der Waals surface area contributed by atoms with Crippen LogP contribution in [0, 0.1) is 0 Å². The summed E-state index contributed by atoms with van der Waals surface area (Å²) in [5.74, 6) is 0.583. The number of piperidine rings is 1. The van der Waals surface area contributed by atoms with Gasteiger partial charge in [0, 0.05) is 31.9 Å². The normalized spacial score (nSPS) is 23.9. The van der Waals surface area contributed by atoms with E-state index >= 15 is 0 Å². The monoisotopic (exact) mass is 262 g/mol. The number of amides is 1. The molecule has 0 aliphatic carbocycles. The number of rotatable bonds is 3. The molecule has 19 heavy (non-hydrogen) atoms. The van der Waals surface area contributed by atoms with Crippen LogP contribution in [0.4, 0.5) is 5.82 Å². The third-order valence-electron chi connectivity index (χ3n) is 3.83. The van der Waals surface area contributed by atoms with Gasteiger partial charge in [-0.1, -0.05) is 0 Å². The van der Waals surface area contributed by atoms with Crippen LogP contribution in [-0.4, -0.2) is 48.5 Å². The quantitative estimate of drug-likeness (QED) is 0.863. The Morgan fingerprint density at radius 3 is 3.00 bits per heavy atom. The Morgan fingerprint density at radius 2 is 2.32 bits per heavy atom. The lowest BCUT2D eigenvalue weighted by Crippen LogP contribution is -2.47. The highest BCUT2D eigenvalue weighted by molar-refractivity contribution is 5.98. The van der Waals surface area contributed by atoms with Crippen molar-refractivity contribution in [2.45, 2.75) is 31.8 Å². The van der Waals surface area contributed by atoms with Crippen molar-refractivity contribution in [3.05, 3.63) is 23.9 Å². The summed E-state index contributed by atoms with van der Waals surface area (Å²) in [6.45, 7) is 3.22. The predicted octanol–water partition coefficient (Wildman–Crippen LogP) is 1.34. The highest BCUT2D eigenvalue weighted by Crippen LogP contribution is 2.17. The number of hydrogen-bond acceptors (Lipinski definition) is 4. The van der Waals surface area contributed by atoms with E-state index in [9.17, 15) is 4.79 Å². The summed E-state index contributed by atoms with van der Waals surface area (Å²) in [7, 11) is 3.90. The third kappa shape index (κ3) is 3.23. The second-order valence-corrected chi connectivity index (χ2v) is 5.17. The van der Waals surface area contributed by atoms with Crippen LogP contribution in [-0.2, 0) is 0 Å². The van der Waals surface area contributed by atoms with E-state index in [1.165, 1.54) is 0 Å². The van der Waals surface area contributed by atoms with Gasteiger partial charge in [-0.25, -0.2) is 4.98 Å². The van der Waals surface area contributed by atoms with Gasteiger partial charge in [0.1, 0.15) is 5.82 Å². The molecular weight excluding hydrogens is 240 g/mol. The summed E-state index contributed by atoms with van der Waals surface area (Å²) in [6.07, 6.45) is 3.68. The first kappa shape index (κ1) is 13.8. The van der Waals surface area contributed by atoms with Crippen LogP contribution in [0.3, 0.4) is 0 Å². The zero-order chi connectivity index (χ0) is 13.8. The van der Waals surface area contributed by atoms with Crippen LogP contribution < -0.4 is 10.6 Å². The van der Waals surface area contributed by atoms with Crippen LogP contribution in [0.1, 0.15) is 30.1 Å². The van der Waals surface area contributed by atoms with Gasteiger partial charge in [-0.15, -0.1) is 0 Å². The lowest BCUT2D eigenvalue weighted by molar-refractivity contribution is 0.0897. The summed E-state index contributed by atoms with van der Waals surface area (Å²) in [5.41, 5.74) is 0.608. The minimum absolute atomic E-state index is 0.0424. The first-order valence-corrected chi connectivity index (χ1v) is 6.75. The number of carbonyl (C=O) groups excluding carboxylic acids is 1. The standard InChI is InChI=1S/C14H22N4O/c1-10-9-11(6-8-18(10)3)17-14(19)12-5-4-7-16-13(12)15-2/h4-5,7,10-11H,6,8-9H2,1-3H3,(H,15,16)(H,17,19). The number of hydrogen-bond donors (Lipinski definition) is 2. The molecule has 1 aromatic rings. The molecule has 1 amide bonds. The molecule has 1 aromatic heterocycles. The molecule has 0 radical (unpaired) electrons. The van der Waals surface area contributed by atoms with Gasteiger partial charge in [0.05, 0.1) is 5.56 Å². The minimum Gasteiger partial charge on any atom is -0.372 e. The maximum Gasteiger partial charge on any atom is 0.255 e. The summed E-state index contributed by atoms with van der Waals surface area (Å²) in [4.78, 5) is 18.8. The molecule has 1 fully saturated rings. The zero-order valence-electron chi connectivity index (χ0n) is 11.8. The Labute approximate surface area is 114 Å². The Kier molecular flexibility index (Phi) is 4.37. The predicted molar refractivity (Wildman–Crippen MR) is 76.4 cm³/mol. The molecule has 0 bridgehead atoms. The van der Waals surface area contributed by atoms with Crippen LogP contribution in [0.2, 0.25) is 0 Å². The molecule has 2 atom stereocenters. The van der Waals surface area contributed by atoms with Crippen molar-refractivity contribution in [1.82, 2.24) is 15.2 Å². The van der Waals surface area contributed by atoms with Crippen molar-refractivity contribution in [2.24, 2.45) is 0 Å². The van der Waals surface area contributed by atoms with Gasteiger partial charge in [-0.2, -0.15) is 0 Å². The van der Waals surface area contributed by atoms with Crippen molar-refractivity contribution in [1.29, 1.82) is 0 Å². The molecule has 1 aliphatic heterocycles. The lowest BCUT2D eigenvalue weighted by atomic mass is 9.98. The lowest BCUT2D eigenvalue weighted by Gasteiger charge is -2.35. The first-order valence-electron chi connectivity index (χ1n) is 6.75. The van der Waals surface area contributed by atoms with E-state index in [1.54, 1.807) is 25.4 Å². The van der Waals surface area contributed by atoms with Crippen molar-refractivity contribution < 1.29 is 4.79 Å². The molecule has 2 heterocycles. The summed E-state index contributed by atoms with van der Waals surface area (Å²) in [6, 6.07) is 4.35. The summed E-state index contributed by atoms with van der Waals surface area (Å²) >= 11 is 0. The van der Waals surface area contributed by atoms with Gasteiger partial charge < -0.3 is 15.5 Å². The average molecular weight is 262 g/mol. The Morgan fingerprint density at radius 1 is 1.53 bits per heavy atom. The number of carbonyl (C=O) groups is 1. The van der Waals surface area contributed by atoms with E-state index in [2.05, 4.69) is 34.5 Å². The fourth-order valence-electron chi connectivity index (χ4n) is 2.47. The maximum absolute atomic E-state index is 12.3. The van der Waals surface area contributed by atoms with E-state index in [4.69, 9.17) is 0 Å². The van der Waals surface area contributed by atoms with E-state index in [0.29, 0.717) is 17.4 Å². The van der Waals surface area contributed by atoms with Crippen LogP contribution >= 0.6 is 0 Å². The molecular formula is C14H22N4O. The highest BCUT2D eigenvalue weighted by Gasteiger charge is 2.24. The van der Waals surface area contributed by atoms with Crippen LogP contribution in [0.5, 0.6) is 0 Å². The molecule has 2 N–H and O–H groups in total. The molecule has 1 saturated heterocycles. The fraction of sp³-hybridized carbons (Fsp3) is 0.571. The Hall–Kier alpha value is -1.62. The first-order chi connectivity index (χ1) is 9.11. The molecule has 5 nitrogen and oxygen atoms in total. The van der Waals surface area contributed by atoms with Gasteiger partial charge in [0.15, 0.2) is 0 Å². The summed E-state index contributed by atoms with van der Waals surface area (Å²) < 4.78 is 0. The topological polar surface area (TPSA) is 57.3 Å². The minimum atomic E-state index is -0.0424. The molecule has 5 heteroatoms. The zero-order valence-corrected chi connectivity index (χ0v) is 11.8. The largest absolute Gasteiger partial charge is 0.372 e. The van der Waals surface area contributed by atoms with Crippen molar-refractivity contribution in [3.63, 3.8) is 0 Å². The number of nitrogens with zero attached hydrogens (tertiary/aromatic N) is 2. The Bertz CT molecular complexity index is 449. The van der Waals surface area contributed by atoms with Gasteiger partial charge in [0.2, 0.25) is 0 Å². The van der Waals surface area contributed by atoms with E-state index in [0.717, 1.165) is 19.4 Å². The van der Waals surface area contributed by atoms with Crippen molar-refractivity contribution in [2.75, 3.05) is 26.0 Å². The average Bonchev–Trinajstić information content (AvgIpc) is 2.43. The van der Waals surface area contributed by atoms with Crippen LogP contribution in [0.15, 0.2) is 18.3 Å². The fourth-order valence-corrected chi connectivity index (χ4v) is 2.47. The number of aromatic nitrogens is 1. The van der Waals surface area contributed by atoms with E-state index in [-0.39, 0.29) is 11.9 Å². The number of pyridine rings is 1. The molecule has 1 aliphatic rings. The smallest absolute Gasteiger partial charge is 0.255 e. The van der Waals surface area contributed by atoms with E-state index in [1.807, 2.05) is 0 Å². The summed E-state index contributed by atoms with van der Waals surface area (Å²) in [5, 5.41) is 6.06. The SMILES string of the molecule is CNc1ncccc1C(=O)NC1CCN(C)C(C)C1. The van der Waals surface area contributed by atoms with Gasteiger partial charge in [-0.3, -0.25) is 4.79 Å². The second-order valence-electron chi connectivity index (χ2n) is 5.17. The number of anilines is 1. The number of nitrogens with one attached hydrogen (secondary N) is 2.